The van der Waals surface area contributed by atoms with Gasteiger partial charge in [0.05, 0.1) is 12.2 Å². The van der Waals surface area contributed by atoms with Gasteiger partial charge in [0.1, 0.15) is 0 Å². The van der Waals surface area contributed by atoms with E-state index in [9.17, 15) is 10.2 Å². The Bertz CT molecular complexity index is 154. The minimum absolute atomic E-state index is 0.0252. The molecule has 68 valence electrons. The molecule has 3 aliphatic carbocycles. The van der Waals surface area contributed by atoms with Gasteiger partial charge in [0.25, 0.3) is 0 Å². The fourth-order valence-corrected chi connectivity index (χ4v) is 3.97. The molecule has 0 aromatic heterocycles. The fourth-order valence-electron chi connectivity index (χ4n) is 3.97. The second kappa shape index (κ2) is 2.24. The van der Waals surface area contributed by atoms with Crippen LogP contribution < -0.4 is 0 Å². The lowest BCUT2D eigenvalue weighted by Gasteiger charge is -2.44. The maximum Gasteiger partial charge on any atom is 0.0546 e. The molecule has 2 heteroatoms. The number of rotatable bonds is 0. The highest BCUT2D eigenvalue weighted by atomic mass is 16.3. The van der Waals surface area contributed by atoms with Crippen LogP contribution in [0.1, 0.15) is 25.7 Å². The van der Waals surface area contributed by atoms with E-state index >= 15 is 0 Å². The minimum atomic E-state index is -0.0252. The molecule has 3 rings (SSSR count). The number of aliphatic hydroxyl groups is 2. The van der Waals surface area contributed by atoms with Crippen molar-refractivity contribution in [1.82, 2.24) is 0 Å². The minimum Gasteiger partial charge on any atom is -0.393 e. The molecule has 0 amide bonds. The molecule has 0 aromatic carbocycles. The zero-order valence-electron chi connectivity index (χ0n) is 7.19. The summed E-state index contributed by atoms with van der Waals surface area (Å²) in [6.07, 6.45) is 4.00. The summed E-state index contributed by atoms with van der Waals surface area (Å²) in [6.45, 7) is 0. The van der Waals surface area contributed by atoms with Gasteiger partial charge in [-0.25, -0.2) is 0 Å². The van der Waals surface area contributed by atoms with Crippen LogP contribution in [0.5, 0.6) is 0 Å². The summed E-state index contributed by atoms with van der Waals surface area (Å²) in [7, 11) is 0. The summed E-state index contributed by atoms with van der Waals surface area (Å²) in [5.74, 6) is 3.06. The van der Waals surface area contributed by atoms with Crippen molar-refractivity contribution in [3.05, 3.63) is 0 Å². The van der Waals surface area contributed by atoms with Gasteiger partial charge in [-0.1, -0.05) is 0 Å². The van der Waals surface area contributed by atoms with E-state index in [1.165, 1.54) is 0 Å². The highest BCUT2D eigenvalue weighted by Gasteiger charge is 2.57. The molecular formula is C10H16O2. The Balaban J connectivity index is 1.76. The summed E-state index contributed by atoms with van der Waals surface area (Å²) in [4.78, 5) is 0. The molecule has 3 saturated carbocycles. The molecule has 2 N–H and O–H groups in total. The molecule has 0 spiro atoms. The van der Waals surface area contributed by atoms with E-state index in [-0.39, 0.29) is 12.2 Å². The molecule has 0 aliphatic heterocycles. The van der Waals surface area contributed by atoms with Gasteiger partial charge in [-0.2, -0.15) is 0 Å². The van der Waals surface area contributed by atoms with Crippen LogP contribution in [0.15, 0.2) is 0 Å². The van der Waals surface area contributed by atoms with Gasteiger partial charge in [0, 0.05) is 0 Å². The lowest BCUT2D eigenvalue weighted by atomic mass is 9.60. The summed E-state index contributed by atoms with van der Waals surface area (Å²) in [5.41, 5.74) is 0. The molecule has 2 nitrogen and oxygen atoms in total. The molecule has 12 heavy (non-hydrogen) atoms. The monoisotopic (exact) mass is 168 g/mol. The van der Waals surface area contributed by atoms with Crippen molar-refractivity contribution in [3.8, 4) is 0 Å². The van der Waals surface area contributed by atoms with Crippen LogP contribution >= 0.6 is 0 Å². The first-order valence-electron chi connectivity index (χ1n) is 5.12. The first-order chi connectivity index (χ1) is 5.75. The third kappa shape index (κ3) is 0.775. The molecule has 0 unspecified atom stereocenters. The van der Waals surface area contributed by atoms with Gasteiger partial charge in [0.15, 0.2) is 0 Å². The van der Waals surface area contributed by atoms with Crippen molar-refractivity contribution >= 4 is 0 Å². The van der Waals surface area contributed by atoms with Gasteiger partial charge in [-0.15, -0.1) is 0 Å². The first kappa shape index (κ1) is 7.34. The Kier molecular flexibility index (Phi) is 1.37. The molecule has 0 aromatic rings. The third-order valence-corrected chi connectivity index (χ3v) is 4.38. The summed E-state index contributed by atoms with van der Waals surface area (Å²) >= 11 is 0. The fraction of sp³-hybridized carbons (Fsp3) is 1.00. The second-order valence-electron chi connectivity index (χ2n) is 4.91. The van der Waals surface area contributed by atoms with Crippen LogP contribution in [0.25, 0.3) is 0 Å². The molecular weight excluding hydrogens is 152 g/mol. The second-order valence-corrected chi connectivity index (χ2v) is 4.91. The molecule has 0 radical (unpaired) electrons. The highest BCUT2D eigenvalue weighted by Crippen LogP contribution is 2.61. The molecule has 0 heterocycles. The summed E-state index contributed by atoms with van der Waals surface area (Å²) < 4.78 is 0. The maximum absolute atomic E-state index is 9.47. The predicted octanol–water partition coefficient (Wildman–Crippen LogP) is 0.774. The molecule has 0 saturated heterocycles. The van der Waals surface area contributed by atoms with E-state index in [0.717, 1.165) is 49.4 Å². The molecule has 3 aliphatic rings. The lowest BCUT2D eigenvalue weighted by molar-refractivity contribution is 0.0302. The van der Waals surface area contributed by atoms with Gasteiger partial charge >= 0.3 is 0 Å². The zero-order valence-corrected chi connectivity index (χ0v) is 7.19. The van der Waals surface area contributed by atoms with Crippen molar-refractivity contribution in [3.63, 3.8) is 0 Å². The number of aliphatic hydroxyl groups excluding tert-OH is 2. The van der Waals surface area contributed by atoms with Gasteiger partial charge in [-0.3, -0.25) is 0 Å². The maximum atomic E-state index is 9.47. The standard InChI is InChI=1S/C10H16O2/c11-5-1-7-8(2-5)10-4-6(12)3-9(7)10/h5-12H,1-4H2. The topological polar surface area (TPSA) is 40.5 Å². The Labute approximate surface area is 72.6 Å². The Morgan fingerprint density at radius 3 is 1.08 bits per heavy atom. The zero-order chi connectivity index (χ0) is 8.29. The van der Waals surface area contributed by atoms with Crippen LogP contribution in [0.4, 0.5) is 0 Å². The number of hydrogen-bond acceptors (Lipinski definition) is 2. The van der Waals surface area contributed by atoms with E-state index in [1.54, 1.807) is 0 Å². The van der Waals surface area contributed by atoms with Crippen LogP contribution in [-0.2, 0) is 0 Å². The van der Waals surface area contributed by atoms with E-state index in [2.05, 4.69) is 0 Å². The SMILES string of the molecule is OC1CC2C(C1)C1CC(O)CC21. The van der Waals surface area contributed by atoms with Gasteiger partial charge in [0.2, 0.25) is 0 Å². The quantitative estimate of drug-likeness (QED) is 0.561. The van der Waals surface area contributed by atoms with Gasteiger partial charge in [-0.05, 0) is 49.4 Å². The molecule has 0 bridgehead atoms. The van der Waals surface area contributed by atoms with Crippen LogP contribution in [0, 0.1) is 23.7 Å². The van der Waals surface area contributed by atoms with E-state index < -0.39 is 0 Å². The van der Waals surface area contributed by atoms with Crippen molar-refractivity contribution < 1.29 is 10.2 Å². The van der Waals surface area contributed by atoms with E-state index in [1.807, 2.05) is 0 Å². The van der Waals surface area contributed by atoms with Crippen molar-refractivity contribution in [2.24, 2.45) is 23.7 Å². The average Bonchev–Trinajstić information content (AvgIpc) is 2.51. The highest BCUT2D eigenvalue weighted by molar-refractivity contribution is 5.06. The first-order valence-corrected chi connectivity index (χ1v) is 5.12. The van der Waals surface area contributed by atoms with Crippen LogP contribution in [0.2, 0.25) is 0 Å². The number of hydrogen-bond donors (Lipinski definition) is 2. The predicted molar refractivity (Wildman–Crippen MR) is 44.4 cm³/mol. The van der Waals surface area contributed by atoms with Crippen molar-refractivity contribution in [2.45, 2.75) is 37.9 Å². The van der Waals surface area contributed by atoms with Crippen LogP contribution in [0.3, 0.4) is 0 Å². The Morgan fingerprint density at radius 1 is 0.583 bits per heavy atom. The smallest absolute Gasteiger partial charge is 0.0546 e. The van der Waals surface area contributed by atoms with E-state index in [0.29, 0.717) is 0 Å². The Hall–Kier alpha value is -0.0800. The largest absolute Gasteiger partial charge is 0.393 e. The summed E-state index contributed by atoms with van der Waals surface area (Å²) in [6, 6.07) is 0. The molecule has 3 fully saturated rings. The average molecular weight is 168 g/mol. The van der Waals surface area contributed by atoms with Gasteiger partial charge < -0.3 is 10.2 Å². The normalized spacial score (nSPS) is 62.5. The van der Waals surface area contributed by atoms with Crippen molar-refractivity contribution in [1.29, 1.82) is 0 Å². The van der Waals surface area contributed by atoms with E-state index in [4.69, 9.17) is 0 Å². The Morgan fingerprint density at radius 2 is 0.833 bits per heavy atom. The number of fused-ring (bicyclic) bond motifs is 4. The lowest BCUT2D eigenvalue weighted by Crippen LogP contribution is -2.39. The van der Waals surface area contributed by atoms with Crippen LogP contribution in [-0.4, -0.2) is 22.4 Å². The molecule has 0 atom stereocenters. The summed E-state index contributed by atoms with van der Waals surface area (Å²) in [5, 5.41) is 18.9. The third-order valence-electron chi connectivity index (χ3n) is 4.38. The van der Waals surface area contributed by atoms with Crippen molar-refractivity contribution in [2.75, 3.05) is 0 Å².